The van der Waals surface area contributed by atoms with Crippen LogP contribution in [0.25, 0.3) is 0 Å². The van der Waals surface area contributed by atoms with Gasteiger partial charge in [-0.25, -0.2) is 4.39 Å². The smallest absolute Gasteiger partial charge is 0.128 e. The van der Waals surface area contributed by atoms with E-state index < -0.39 is 0 Å². The Morgan fingerprint density at radius 1 is 1.35 bits per heavy atom. The summed E-state index contributed by atoms with van der Waals surface area (Å²) < 4.78 is 24.9. The molecule has 0 radical (unpaired) electrons. The SMILES string of the molecule is CC(C)NCc1ccc(F)c(COC2CCOCC2)c1. The number of nitrogens with one attached hydrogen (secondary N) is 1. The van der Waals surface area contributed by atoms with Crippen LogP contribution in [0.15, 0.2) is 18.2 Å². The molecule has 20 heavy (non-hydrogen) atoms. The predicted molar refractivity (Wildman–Crippen MR) is 77.0 cm³/mol. The van der Waals surface area contributed by atoms with Crippen LogP contribution >= 0.6 is 0 Å². The van der Waals surface area contributed by atoms with Crippen LogP contribution in [0.5, 0.6) is 0 Å². The normalized spacial score (nSPS) is 16.8. The molecule has 0 bridgehead atoms. The van der Waals surface area contributed by atoms with E-state index in [9.17, 15) is 4.39 Å². The lowest BCUT2D eigenvalue weighted by Gasteiger charge is -2.22. The second kappa shape index (κ2) is 7.72. The Hall–Kier alpha value is -0.970. The lowest BCUT2D eigenvalue weighted by molar-refractivity contribution is -0.0397. The molecular weight excluding hydrogens is 257 g/mol. The number of rotatable bonds is 6. The first-order valence-corrected chi connectivity index (χ1v) is 7.35. The maximum Gasteiger partial charge on any atom is 0.128 e. The highest BCUT2D eigenvalue weighted by Gasteiger charge is 2.15. The second-order valence-electron chi connectivity index (χ2n) is 5.58. The van der Waals surface area contributed by atoms with Gasteiger partial charge in [-0.2, -0.15) is 0 Å². The molecule has 0 amide bonds. The summed E-state index contributed by atoms with van der Waals surface area (Å²) in [6, 6.07) is 5.66. The largest absolute Gasteiger partial charge is 0.381 e. The minimum atomic E-state index is -0.189. The van der Waals surface area contributed by atoms with Gasteiger partial charge >= 0.3 is 0 Å². The molecule has 1 saturated heterocycles. The molecule has 1 fully saturated rings. The monoisotopic (exact) mass is 281 g/mol. The van der Waals surface area contributed by atoms with Crippen LogP contribution in [0.2, 0.25) is 0 Å². The maximum absolute atomic E-state index is 13.8. The highest BCUT2D eigenvalue weighted by Crippen LogP contribution is 2.16. The van der Waals surface area contributed by atoms with E-state index in [-0.39, 0.29) is 11.9 Å². The molecule has 0 aromatic heterocycles. The minimum absolute atomic E-state index is 0.189. The molecule has 0 unspecified atom stereocenters. The van der Waals surface area contributed by atoms with Crippen molar-refractivity contribution in [3.8, 4) is 0 Å². The van der Waals surface area contributed by atoms with E-state index in [0.717, 1.165) is 38.2 Å². The zero-order valence-electron chi connectivity index (χ0n) is 12.3. The molecule has 1 aromatic carbocycles. The van der Waals surface area contributed by atoms with Crippen LogP contribution in [-0.4, -0.2) is 25.4 Å². The standard InChI is InChI=1S/C16H24FNO2/c1-12(2)18-10-13-3-4-16(17)14(9-13)11-20-15-5-7-19-8-6-15/h3-4,9,12,15,18H,5-8,10-11H2,1-2H3. The Kier molecular flexibility index (Phi) is 5.95. The first-order chi connectivity index (χ1) is 9.65. The lowest BCUT2D eigenvalue weighted by atomic mass is 10.1. The Bertz CT molecular complexity index is 417. The fourth-order valence-corrected chi connectivity index (χ4v) is 2.22. The quantitative estimate of drug-likeness (QED) is 0.869. The van der Waals surface area contributed by atoms with Gasteiger partial charge < -0.3 is 14.8 Å². The molecule has 1 aliphatic rings. The van der Waals surface area contributed by atoms with Crippen LogP contribution in [0.3, 0.4) is 0 Å². The molecule has 4 heteroatoms. The molecule has 0 atom stereocenters. The van der Waals surface area contributed by atoms with Gasteiger partial charge in [-0.05, 0) is 30.5 Å². The van der Waals surface area contributed by atoms with Crippen molar-refractivity contribution in [1.29, 1.82) is 0 Å². The molecule has 1 aromatic rings. The molecule has 1 heterocycles. The van der Waals surface area contributed by atoms with Gasteiger partial charge in [0.2, 0.25) is 0 Å². The van der Waals surface area contributed by atoms with Gasteiger partial charge in [0, 0.05) is 31.4 Å². The predicted octanol–water partition coefficient (Wildman–Crippen LogP) is 3.02. The van der Waals surface area contributed by atoms with Gasteiger partial charge in [0.05, 0.1) is 12.7 Å². The van der Waals surface area contributed by atoms with E-state index in [4.69, 9.17) is 9.47 Å². The van der Waals surface area contributed by atoms with Gasteiger partial charge in [-0.3, -0.25) is 0 Å². The van der Waals surface area contributed by atoms with Crippen LogP contribution in [0.4, 0.5) is 4.39 Å². The summed E-state index contributed by atoms with van der Waals surface area (Å²) in [5.74, 6) is -0.189. The fourth-order valence-electron chi connectivity index (χ4n) is 2.22. The third-order valence-electron chi connectivity index (χ3n) is 3.47. The van der Waals surface area contributed by atoms with Crippen LogP contribution in [0, 0.1) is 5.82 Å². The molecule has 3 nitrogen and oxygen atoms in total. The van der Waals surface area contributed by atoms with Gasteiger partial charge in [-0.15, -0.1) is 0 Å². The van der Waals surface area contributed by atoms with Crippen molar-refractivity contribution in [3.05, 3.63) is 35.1 Å². The van der Waals surface area contributed by atoms with E-state index in [2.05, 4.69) is 19.2 Å². The Labute approximate surface area is 120 Å². The van der Waals surface area contributed by atoms with Crippen molar-refractivity contribution in [3.63, 3.8) is 0 Å². The van der Waals surface area contributed by atoms with E-state index in [1.807, 2.05) is 12.1 Å². The van der Waals surface area contributed by atoms with E-state index in [1.165, 1.54) is 6.07 Å². The molecule has 0 spiro atoms. The molecule has 1 N–H and O–H groups in total. The summed E-state index contributed by atoms with van der Waals surface area (Å²) in [6.07, 6.45) is 1.99. The van der Waals surface area contributed by atoms with Crippen molar-refractivity contribution in [2.45, 2.75) is 52.0 Å². The fraction of sp³-hybridized carbons (Fsp3) is 0.625. The minimum Gasteiger partial charge on any atom is -0.381 e. The van der Waals surface area contributed by atoms with Crippen molar-refractivity contribution in [2.75, 3.05) is 13.2 Å². The number of hydrogen-bond donors (Lipinski definition) is 1. The molecular formula is C16H24FNO2. The van der Waals surface area contributed by atoms with E-state index >= 15 is 0 Å². The van der Waals surface area contributed by atoms with Crippen LogP contribution < -0.4 is 5.32 Å². The lowest BCUT2D eigenvalue weighted by Crippen LogP contribution is -2.23. The third-order valence-corrected chi connectivity index (χ3v) is 3.47. The first-order valence-electron chi connectivity index (χ1n) is 7.35. The highest BCUT2D eigenvalue weighted by molar-refractivity contribution is 5.24. The van der Waals surface area contributed by atoms with Crippen molar-refractivity contribution < 1.29 is 13.9 Å². The average Bonchev–Trinajstić information content (AvgIpc) is 2.46. The van der Waals surface area contributed by atoms with Gasteiger partial charge in [-0.1, -0.05) is 19.9 Å². The number of benzene rings is 1. The zero-order valence-corrected chi connectivity index (χ0v) is 12.3. The number of ether oxygens (including phenoxy) is 2. The summed E-state index contributed by atoms with van der Waals surface area (Å²) >= 11 is 0. The number of hydrogen-bond acceptors (Lipinski definition) is 3. The number of halogens is 1. The van der Waals surface area contributed by atoms with Crippen LogP contribution in [0.1, 0.15) is 37.8 Å². The molecule has 2 rings (SSSR count). The summed E-state index contributed by atoms with van der Waals surface area (Å²) in [7, 11) is 0. The van der Waals surface area contributed by atoms with Crippen LogP contribution in [-0.2, 0) is 22.6 Å². The Morgan fingerprint density at radius 2 is 2.10 bits per heavy atom. The van der Waals surface area contributed by atoms with Crippen molar-refractivity contribution >= 4 is 0 Å². The Morgan fingerprint density at radius 3 is 2.80 bits per heavy atom. The summed E-state index contributed by atoms with van der Waals surface area (Å²) in [5, 5.41) is 3.33. The first kappa shape index (κ1) is 15.4. The van der Waals surface area contributed by atoms with Crippen molar-refractivity contribution in [2.24, 2.45) is 0 Å². The zero-order chi connectivity index (χ0) is 14.4. The van der Waals surface area contributed by atoms with E-state index in [0.29, 0.717) is 18.2 Å². The topological polar surface area (TPSA) is 30.5 Å². The van der Waals surface area contributed by atoms with Gasteiger partial charge in [0.1, 0.15) is 5.82 Å². The van der Waals surface area contributed by atoms with Gasteiger partial charge in [0.25, 0.3) is 0 Å². The van der Waals surface area contributed by atoms with E-state index in [1.54, 1.807) is 0 Å². The molecule has 0 aliphatic carbocycles. The molecule has 1 aliphatic heterocycles. The molecule has 112 valence electrons. The third kappa shape index (κ3) is 4.85. The van der Waals surface area contributed by atoms with Crippen molar-refractivity contribution in [1.82, 2.24) is 5.32 Å². The van der Waals surface area contributed by atoms with Gasteiger partial charge in [0.15, 0.2) is 0 Å². The average molecular weight is 281 g/mol. The Balaban J connectivity index is 1.90. The molecule has 0 saturated carbocycles. The summed E-state index contributed by atoms with van der Waals surface area (Å²) in [4.78, 5) is 0. The summed E-state index contributed by atoms with van der Waals surface area (Å²) in [5.41, 5.74) is 1.73. The maximum atomic E-state index is 13.8. The second-order valence-corrected chi connectivity index (χ2v) is 5.58. The highest BCUT2D eigenvalue weighted by atomic mass is 19.1. The summed E-state index contributed by atoms with van der Waals surface area (Å²) in [6.45, 7) is 6.77.